The molecule has 6 nitrogen and oxygen atoms in total. The summed E-state index contributed by atoms with van der Waals surface area (Å²) in [6.07, 6.45) is 4.21. The second kappa shape index (κ2) is 5.62. The van der Waals surface area contributed by atoms with Crippen LogP contribution < -0.4 is 5.32 Å². The molecule has 0 atom stereocenters. The molecule has 1 aromatic carbocycles. The standard InChI is InChI=1S/C18H13F2N5O/c19-12-7-6-10(9-13(12)20)21-17-11-3-1-4-14(11)22-18-23-16(24-25(17)18)15-5-2-8-26-15/h2,5-9,21H,1,3-4H2. The Morgan fingerprint density at radius 3 is 2.81 bits per heavy atom. The summed E-state index contributed by atoms with van der Waals surface area (Å²) in [5.74, 6) is 0.253. The lowest BCUT2D eigenvalue weighted by Gasteiger charge is -2.12. The first-order valence-electron chi connectivity index (χ1n) is 8.23. The molecule has 4 aromatic rings. The van der Waals surface area contributed by atoms with E-state index in [-0.39, 0.29) is 0 Å². The number of hydrogen-bond donors (Lipinski definition) is 1. The maximum Gasteiger partial charge on any atom is 0.255 e. The number of benzene rings is 1. The molecule has 0 saturated heterocycles. The molecule has 3 aromatic heterocycles. The van der Waals surface area contributed by atoms with E-state index in [1.807, 2.05) is 0 Å². The largest absolute Gasteiger partial charge is 0.461 e. The number of nitrogens with zero attached hydrogens (tertiary/aromatic N) is 4. The molecule has 0 spiro atoms. The summed E-state index contributed by atoms with van der Waals surface area (Å²) >= 11 is 0. The van der Waals surface area contributed by atoms with Crippen molar-refractivity contribution >= 4 is 17.3 Å². The van der Waals surface area contributed by atoms with Crippen LogP contribution >= 0.6 is 0 Å². The van der Waals surface area contributed by atoms with Crippen LogP contribution in [-0.2, 0) is 12.8 Å². The summed E-state index contributed by atoms with van der Waals surface area (Å²) in [6, 6.07) is 7.22. The maximum absolute atomic E-state index is 13.6. The fraction of sp³-hybridized carbons (Fsp3) is 0.167. The molecule has 1 aliphatic carbocycles. The number of nitrogens with one attached hydrogen (secondary N) is 1. The van der Waals surface area contributed by atoms with Gasteiger partial charge in [-0.15, -0.1) is 5.10 Å². The Morgan fingerprint density at radius 1 is 1.08 bits per heavy atom. The zero-order chi connectivity index (χ0) is 17.7. The summed E-state index contributed by atoms with van der Waals surface area (Å²) in [6.45, 7) is 0. The topological polar surface area (TPSA) is 68.2 Å². The Bertz CT molecular complexity index is 1120. The summed E-state index contributed by atoms with van der Waals surface area (Å²) in [4.78, 5) is 9.03. The number of fused-ring (bicyclic) bond motifs is 2. The third-order valence-electron chi connectivity index (χ3n) is 4.44. The normalized spacial score (nSPS) is 13.3. The van der Waals surface area contributed by atoms with Gasteiger partial charge in [-0.1, -0.05) is 0 Å². The van der Waals surface area contributed by atoms with Gasteiger partial charge >= 0.3 is 0 Å². The SMILES string of the molecule is Fc1ccc(Nc2c3c(nc4nc(-c5ccco5)nn24)CCC3)cc1F. The van der Waals surface area contributed by atoms with Crippen molar-refractivity contribution in [3.8, 4) is 11.6 Å². The average molecular weight is 353 g/mol. The average Bonchev–Trinajstić information content (AvgIpc) is 3.36. The third-order valence-corrected chi connectivity index (χ3v) is 4.44. The predicted molar refractivity (Wildman–Crippen MR) is 90.1 cm³/mol. The molecule has 130 valence electrons. The van der Waals surface area contributed by atoms with Gasteiger partial charge in [-0.25, -0.2) is 13.8 Å². The first-order chi connectivity index (χ1) is 12.7. The van der Waals surface area contributed by atoms with Crippen molar-refractivity contribution in [1.29, 1.82) is 0 Å². The monoisotopic (exact) mass is 353 g/mol. The lowest BCUT2D eigenvalue weighted by atomic mass is 10.2. The number of halogens is 2. The predicted octanol–water partition coefficient (Wildman–Crippen LogP) is 3.89. The minimum atomic E-state index is -0.910. The van der Waals surface area contributed by atoms with Gasteiger partial charge in [0.2, 0.25) is 5.82 Å². The number of aromatic nitrogens is 4. The van der Waals surface area contributed by atoms with E-state index in [4.69, 9.17) is 4.42 Å². The van der Waals surface area contributed by atoms with Gasteiger partial charge in [0.1, 0.15) is 5.82 Å². The first-order valence-corrected chi connectivity index (χ1v) is 8.23. The van der Waals surface area contributed by atoms with Crippen molar-refractivity contribution in [2.75, 3.05) is 5.32 Å². The second-order valence-corrected chi connectivity index (χ2v) is 6.12. The van der Waals surface area contributed by atoms with Crippen LogP contribution in [0.25, 0.3) is 17.4 Å². The van der Waals surface area contributed by atoms with Gasteiger partial charge in [0.05, 0.1) is 12.0 Å². The van der Waals surface area contributed by atoms with Crippen LogP contribution in [0.2, 0.25) is 0 Å². The van der Waals surface area contributed by atoms with E-state index in [9.17, 15) is 8.78 Å². The second-order valence-electron chi connectivity index (χ2n) is 6.12. The molecule has 0 fully saturated rings. The van der Waals surface area contributed by atoms with Crippen LogP contribution in [0.5, 0.6) is 0 Å². The minimum Gasteiger partial charge on any atom is -0.461 e. The van der Waals surface area contributed by atoms with Crippen LogP contribution in [0.3, 0.4) is 0 Å². The Balaban J connectivity index is 1.67. The number of furan rings is 1. The van der Waals surface area contributed by atoms with E-state index in [1.165, 1.54) is 6.07 Å². The highest BCUT2D eigenvalue weighted by Gasteiger charge is 2.23. The molecule has 1 aliphatic rings. The highest BCUT2D eigenvalue weighted by Crippen LogP contribution is 2.31. The molecule has 8 heteroatoms. The molecule has 1 N–H and O–H groups in total. The molecule has 0 radical (unpaired) electrons. The maximum atomic E-state index is 13.6. The first kappa shape index (κ1) is 15.0. The lowest BCUT2D eigenvalue weighted by Crippen LogP contribution is -2.07. The smallest absolute Gasteiger partial charge is 0.255 e. The molecule has 0 unspecified atom stereocenters. The molecule has 0 amide bonds. The molecule has 5 rings (SSSR count). The van der Waals surface area contributed by atoms with Crippen LogP contribution in [0.15, 0.2) is 41.0 Å². The van der Waals surface area contributed by atoms with Crippen molar-refractivity contribution in [3.63, 3.8) is 0 Å². The zero-order valence-electron chi connectivity index (χ0n) is 13.5. The highest BCUT2D eigenvalue weighted by molar-refractivity contribution is 5.65. The Labute approximate surface area is 146 Å². The summed E-state index contributed by atoms with van der Waals surface area (Å²) in [5, 5.41) is 7.64. The molecule has 0 bridgehead atoms. The van der Waals surface area contributed by atoms with Crippen LogP contribution in [0, 0.1) is 11.6 Å². The van der Waals surface area contributed by atoms with Crippen molar-refractivity contribution in [2.45, 2.75) is 19.3 Å². The molecule has 26 heavy (non-hydrogen) atoms. The molecular weight excluding hydrogens is 340 g/mol. The number of rotatable bonds is 3. The molecular formula is C18H13F2N5O. The number of aryl methyl sites for hydroxylation is 1. The summed E-state index contributed by atoms with van der Waals surface area (Å²) < 4.78 is 33.8. The number of hydrogen-bond acceptors (Lipinski definition) is 5. The van der Waals surface area contributed by atoms with Gasteiger partial charge in [0.25, 0.3) is 5.78 Å². The molecule has 0 aliphatic heterocycles. The van der Waals surface area contributed by atoms with Crippen molar-refractivity contribution in [2.24, 2.45) is 0 Å². The minimum absolute atomic E-state index is 0.416. The van der Waals surface area contributed by atoms with Gasteiger partial charge in [0.15, 0.2) is 17.4 Å². The van der Waals surface area contributed by atoms with Gasteiger partial charge in [-0.3, -0.25) is 0 Å². The molecule has 0 saturated carbocycles. The van der Waals surface area contributed by atoms with Gasteiger partial charge in [-0.05, 0) is 43.5 Å². The summed E-state index contributed by atoms with van der Waals surface area (Å²) in [7, 11) is 0. The van der Waals surface area contributed by atoms with Crippen LogP contribution in [-0.4, -0.2) is 19.6 Å². The quantitative estimate of drug-likeness (QED) is 0.605. The highest BCUT2D eigenvalue weighted by atomic mass is 19.2. The van der Waals surface area contributed by atoms with Crippen LogP contribution in [0.1, 0.15) is 17.7 Å². The third kappa shape index (κ3) is 2.33. The van der Waals surface area contributed by atoms with Gasteiger partial charge < -0.3 is 9.73 Å². The Morgan fingerprint density at radius 2 is 2.00 bits per heavy atom. The van der Waals surface area contributed by atoms with Crippen LogP contribution in [0.4, 0.5) is 20.3 Å². The zero-order valence-corrected chi connectivity index (χ0v) is 13.5. The fourth-order valence-corrected chi connectivity index (χ4v) is 3.23. The van der Waals surface area contributed by atoms with E-state index in [0.717, 1.165) is 42.7 Å². The van der Waals surface area contributed by atoms with E-state index in [2.05, 4.69) is 20.4 Å². The van der Waals surface area contributed by atoms with Gasteiger partial charge in [-0.2, -0.15) is 9.50 Å². The number of anilines is 2. The summed E-state index contributed by atoms with van der Waals surface area (Å²) in [5.41, 5.74) is 2.39. The Hall–Kier alpha value is -3.29. The van der Waals surface area contributed by atoms with Crippen molar-refractivity contribution < 1.29 is 13.2 Å². The van der Waals surface area contributed by atoms with E-state index in [1.54, 1.807) is 22.9 Å². The van der Waals surface area contributed by atoms with Crippen molar-refractivity contribution in [1.82, 2.24) is 19.6 Å². The van der Waals surface area contributed by atoms with Crippen molar-refractivity contribution in [3.05, 3.63) is 59.5 Å². The fourth-order valence-electron chi connectivity index (χ4n) is 3.23. The lowest BCUT2D eigenvalue weighted by molar-refractivity contribution is 0.509. The Kier molecular flexibility index (Phi) is 3.24. The van der Waals surface area contributed by atoms with Gasteiger partial charge in [0, 0.05) is 17.3 Å². The van der Waals surface area contributed by atoms with E-state index < -0.39 is 11.6 Å². The van der Waals surface area contributed by atoms with E-state index >= 15 is 0 Å². The molecule has 3 heterocycles. The van der Waals surface area contributed by atoms with E-state index in [0.29, 0.717) is 28.9 Å².